The highest BCUT2D eigenvalue weighted by Crippen LogP contribution is 2.46. The van der Waals surface area contributed by atoms with Crippen LogP contribution in [0, 0.1) is 5.41 Å². The SMILES string of the molecule is COc1cc(-c2nn(-c3ccccc3)c(OC(C)=O)c2-c2ccc(NC(=O)CC(C)(C)C)cc2)cc(OC)c1OC. The number of nitrogens with one attached hydrogen (secondary N) is 1. The first-order valence-electron chi connectivity index (χ1n) is 13.1. The van der Waals surface area contributed by atoms with Crippen molar-refractivity contribution in [3.63, 3.8) is 0 Å². The van der Waals surface area contributed by atoms with E-state index in [9.17, 15) is 9.59 Å². The largest absolute Gasteiger partial charge is 0.493 e. The van der Waals surface area contributed by atoms with Crippen LogP contribution in [0.2, 0.25) is 0 Å². The molecular weight excluding hydrogens is 522 g/mol. The molecule has 0 radical (unpaired) electrons. The predicted octanol–water partition coefficient (Wildman–Crippen LogP) is 6.53. The zero-order chi connectivity index (χ0) is 29.7. The molecule has 0 aliphatic carbocycles. The van der Waals surface area contributed by atoms with E-state index in [4.69, 9.17) is 24.0 Å². The fraction of sp³-hybridized carbons (Fsp3) is 0.281. The van der Waals surface area contributed by atoms with Crippen molar-refractivity contribution in [2.24, 2.45) is 5.41 Å². The van der Waals surface area contributed by atoms with Crippen molar-refractivity contribution in [1.82, 2.24) is 9.78 Å². The molecule has 0 saturated carbocycles. The molecule has 214 valence electrons. The van der Waals surface area contributed by atoms with Crippen LogP contribution in [0.25, 0.3) is 28.1 Å². The minimum Gasteiger partial charge on any atom is -0.493 e. The standard InChI is InChI=1S/C32H35N3O6/c1-20(36)41-31-28(21-13-15-23(16-14-21)33-27(37)19-32(2,3)4)29(34-35(31)24-11-9-8-10-12-24)22-17-25(38-5)30(40-7)26(18-22)39-6/h8-18H,19H2,1-7H3,(H,33,37). The number of carbonyl (C=O) groups is 2. The third-order valence-electron chi connectivity index (χ3n) is 6.17. The summed E-state index contributed by atoms with van der Waals surface area (Å²) in [6, 6.07) is 20.3. The molecule has 3 aromatic carbocycles. The summed E-state index contributed by atoms with van der Waals surface area (Å²) < 4.78 is 24.1. The van der Waals surface area contributed by atoms with Gasteiger partial charge in [0.25, 0.3) is 0 Å². The number of hydrogen-bond donors (Lipinski definition) is 1. The lowest BCUT2D eigenvalue weighted by Crippen LogP contribution is -2.19. The number of hydrogen-bond acceptors (Lipinski definition) is 7. The fourth-order valence-electron chi connectivity index (χ4n) is 4.46. The van der Waals surface area contributed by atoms with Crippen LogP contribution in [0.5, 0.6) is 23.1 Å². The van der Waals surface area contributed by atoms with E-state index in [0.29, 0.717) is 51.9 Å². The van der Waals surface area contributed by atoms with Gasteiger partial charge in [-0.05, 0) is 47.4 Å². The summed E-state index contributed by atoms with van der Waals surface area (Å²) in [5.74, 6) is 1.03. The van der Waals surface area contributed by atoms with Crippen LogP contribution < -0.4 is 24.3 Å². The second-order valence-electron chi connectivity index (χ2n) is 10.6. The van der Waals surface area contributed by atoms with Crippen LogP contribution in [0.1, 0.15) is 34.1 Å². The Hall–Kier alpha value is -4.79. The number of esters is 1. The van der Waals surface area contributed by atoms with Crippen LogP contribution >= 0.6 is 0 Å². The number of methoxy groups -OCH3 is 3. The van der Waals surface area contributed by atoms with Gasteiger partial charge >= 0.3 is 5.97 Å². The minimum absolute atomic E-state index is 0.0686. The second-order valence-corrected chi connectivity index (χ2v) is 10.6. The zero-order valence-corrected chi connectivity index (χ0v) is 24.4. The summed E-state index contributed by atoms with van der Waals surface area (Å²) in [5.41, 5.74) is 3.70. The molecule has 0 unspecified atom stereocenters. The summed E-state index contributed by atoms with van der Waals surface area (Å²) in [6.07, 6.45) is 0.389. The number of para-hydroxylation sites is 1. The van der Waals surface area contributed by atoms with Gasteiger partial charge in [-0.2, -0.15) is 9.78 Å². The Morgan fingerprint density at radius 3 is 1.98 bits per heavy atom. The highest BCUT2D eigenvalue weighted by molar-refractivity contribution is 5.92. The summed E-state index contributed by atoms with van der Waals surface area (Å²) in [6.45, 7) is 7.39. The number of aromatic nitrogens is 2. The summed E-state index contributed by atoms with van der Waals surface area (Å²) in [7, 11) is 4.62. The molecule has 0 atom stereocenters. The minimum atomic E-state index is -0.495. The summed E-state index contributed by atoms with van der Waals surface area (Å²) in [5, 5.41) is 7.87. The number of benzene rings is 3. The zero-order valence-electron chi connectivity index (χ0n) is 24.4. The summed E-state index contributed by atoms with van der Waals surface area (Å²) in [4.78, 5) is 24.8. The van der Waals surface area contributed by atoms with E-state index in [0.717, 1.165) is 5.56 Å². The molecule has 41 heavy (non-hydrogen) atoms. The molecule has 9 heteroatoms. The lowest BCUT2D eigenvalue weighted by atomic mass is 9.92. The first-order valence-corrected chi connectivity index (χ1v) is 13.1. The third kappa shape index (κ3) is 6.69. The molecule has 1 amide bonds. The third-order valence-corrected chi connectivity index (χ3v) is 6.17. The molecule has 0 aliphatic rings. The van der Waals surface area contributed by atoms with Crippen molar-refractivity contribution in [3.05, 3.63) is 66.7 Å². The van der Waals surface area contributed by atoms with E-state index in [2.05, 4.69) is 5.32 Å². The molecule has 1 aromatic heterocycles. The predicted molar refractivity (Wildman–Crippen MR) is 158 cm³/mol. The van der Waals surface area contributed by atoms with E-state index in [1.165, 1.54) is 14.0 Å². The van der Waals surface area contributed by atoms with Crippen molar-refractivity contribution in [1.29, 1.82) is 0 Å². The Bertz CT molecular complexity index is 1510. The average molecular weight is 558 g/mol. The highest BCUT2D eigenvalue weighted by Gasteiger charge is 2.26. The molecule has 4 rings (SSSR count). The van der Waals surface area contributed by atoms with Gasteiger partial charge in [0.2, 0.25) is 17.5 Å². The first kappa shape index (κ1) is 29.2. The number of nitrogens with zero attached hydrogens (tertiary/aromatic N) is 2. The van der Waals surface area contributed by atoms with Crippen LogP contribution in [0.4, 0.5) is 5.69 Å². The number of anilines is 1. The van der Waals surface area contributed by atoms with E-state index >= 15 is 0 Å². The van der Waals surface area contributed by atoms with E-state index in [-0.39, 0.29) is 17.2 Å². The van der Waals surface area contributed by atoms with Crippen molar-refractivity contribution < 1.29 is 28.5 Å². The second kappa shape index (κ2) is 12.2. The molecular formula is C32H35N3O6. The monoisotopic (exact) mass is 557 g/mol. The van der Waals surface area contributed by atoms with Gasteiger partial charge in [0.1, 0.15) is 5.69 Å². The number of ether oxygens (including phenoxy) is 4. The molecule has 1 N–H and O–H groups in total. The molecule has 9 nitrogen and oxygen atoms in total. The first-order chi connectivity index (χ1) is 19.5. The Balaban J connectivity index is 1.92. The fourth-order valence-corrected chi connectivity index (χ4v) is 4.46. The number of amides is 1. The van der Waals surface area contributed by atoms with Gasteiger partial charge in [-0.3, -0.25) is 9.59 Å². The molecule has 0 aliphatic heterocycles. The maximum Gasteiger partial charge on any atom is 0.309 e. The average Bonchev–Trinajstić information content (AvgIpc) is 3.30. The molecule has 4 aromatic rings. The Morgan fingerprint density at radius 2 is 1.46 bits per heavy atom. The van der Waals surface area contributed by atoms with Crippen LogP contribution in [-0.4, -0.2) is 43.0 Å². The number of rotatable bonds is 9. The van der Waals surface area contributed by atoms with Crippen LogP contribution in [0.15, 0.2) is 66.7 Å². The van der Waals surface area contributed by atoms with Crippen molar-refractivity contribution in [2.75, 3.05) is 26.6 Å². The van der Waals surface area contributed by atoms with Gasteiger partial charge in [0.15, 0.2) is 11.5 Å². The van der Waals surface area contributed by atoms with Gasteiger partial charge in [0, 0.05) is 24.6 Å². The normalized spacial score (nSPS) is 11.1. The lowest BCUT2D eigenvalue weighted by Gasteiger charge is -2.17. The molecule has 0 fully saturated rings. The summed E-state index contributed by atoms with van der Waals surface area (Å²) >= 11 is 0. The van der Waals surface area contributed by atoms with Crippen LogP contribution in [0.3, 0.4) is 0 Å². The Kier molecular flexibility index (Phi) is 8.66. The molecule has 0 saturated heterocycles. The Morgan fingerprint density at radius 1 is 0.854 bits per heavy atom. The van der Waals surface area contributed by atoms with Gasteiger partial charge in [-0.25, -0.2) is 0 Å². The maximum absolute atomic E-state index is 12.5. The van der Waals surface area contributed by atoms with Crippen molar-refractivity contribution in [2.45, 2.75) is 34.1 Å². The van der Waals surface area contributed by atoms with E-state index < -0.39 is 5.97 Å². The van der Waals surface area contributed by atoms with Crippen molar-refractivity contribution in [3.8, 4) is 51.2 Å². The van der Waals surface area contributed by atoms with Gasteiger partial charge in [0.05, 0.1) is 32.6 Å². The molecule has 0 spiro atoms. The quantitative estimate of drug-likeness (QED) is 0.233. The Labute approximate surface area is 240 Å². The lowest BCUT2D eigenvalue weighted by molar-refractivity contribution is -0.132. The van der Waals surface area contributed by atoms with Crippen molar-refractivity contribution >= 4 is 17.6 Å². The number of carbonyl (C=O) groups excluding carboxylic acids is 2. The van der Waals surface area contributed by atoms with Gasteiger partial charge < -0.3 is 24.3 Å². The topological polar surface area (TPSA) is 101 Å². The van der Waals surface area contributed by atoms with Gasteiger partial charge in [-0.15, -0.1) is 0 Å². The van der Waals surface area contributed by atoms with Crippen LogP contribution in [-0.2, 0) is 9.59 Å². The molecule has 0 bridgehead atoms. The van der Waals surface area contributed by atoms with E-state index in [1.807, 2.05) is 75.4 Å². The maximum atomic E-state index is 12.5. The molecule has 1 heterocycles. The highest BCUT2D eigenvalue weighted by atomic mass is 16.5. The van der Waals surface area contributed by atoms with Gasteiger partial charge in [-0.1, -0.05) is 51.1 Å². The van der Waals surface area contributed by atoms with E-state index in [1.54, 1.807) is 31.0 Å². The smallest absolute Gasteiger partial charge is 0.309 e.